The molecular formula is C14H22BrN3O. The van der Waals surface area contributed by atoms with Gasteiger partial charge in [0.1, 0.15) is 5.69 Å². The fourth-order valence-corrected chi connectivity index (χ4v) is 3.38. The number of hydrogen-bond donors (Lipinski definition) is 0. The molecule has 1 amide bonds. The number of rotatable bonds is 3. The Balaban J connectivity index is 2.24. The largest absolute Gasteiger partial charge is 0.334 e. The van der Waals surface area contributed by atoms with Crippen LogP contribution in [0.5, 0.6) is 0 Å². The van der Waals surface area contributed by atoms with E-state index in [1.54, 1.807) is 0 Å². The molecule has 2 rings (SSSR count). The topological polar surface area (TPSA) is 38.1 Å². The fourth-order valence-electron chi connectivity index (χ4n) is 2.71. The lowest BCUT2D eigenvalue weighted by Crippen LogP contribution is -2.41. The lowest BCUT2D eigenvalue weighted by Gasteiger charge is -2.28. The fraction of sp³-hybridized carbons (Fsp3) is 0.714. The first-order chi connectivity index (χ1) is 9.17. The van der Waals surface area contributed by atoms with E-state index in [4.69, 9.17) is 0 Å². The summed E-state index contributed by atoms with van der Waals surface area (Å²) >= 11 is 3.55. The quantitative estimate of drug-likeness (QED) is 0.800. The van der Waals surface area contributed by atoms with Gasteiger partial charge >= 0.3 is 0 Å². The number of likely N-dealkylation sites (tertiary alicyclic amines) is 1. The number of alkyl halides is 1. The van der Waals surface area contributed by atoms with Crippen LogP contribution in [0.4, 0.5) is 0 Å². The zero-order valence-electron chi connectivity index (χ0n) is 11.7. The van der Waals surface area contributed by atoms with Crippen LogP contribution in [0.2, 0.25) is 0 Å². The van der Waals surface area contributed by atoms with E-state index in [0.29, 0.717) is 6.04 Å². The number of amides is 1. The van der Waals surface area contributed by atoms with Gasteiger partial charge in [0, 0.05) is 24.5 Å². The standard InChI is InChI=1S/C14H22BrN3O/c1-3-18-13(9-11(2)16-18)14(19)17-8-6-4-5-7-12(17)10-15/h9,12H,3-8,10H2,1-2H3. The van der Waals surface area contributed by atoms with E-state index in [0.717, 1.165) is 42.6 Å². The van der Waals surface area contributed by atoms with Gasteiger partial charge in [-0.05, 0) is 32.8 Å². The van der Waals surface area contributed by atoms with Crippen LogP contribution >= 0.6 is 15.9 Å². The van der Waals surface area contributed by atoms with Crippen molar-refractivity contribution in [2.24, 2.45) is 0 Å². The second-order valence-electron chi connectivity index (χ2n) is 5.14. The average molecular weight is 328 g/mol. The summed E-state index contributed by atoms with van der Waals surface area (Å²) in [6.45, 7) is 5.56. The molecule has 1 fully saturated rings. The van der Waals surface area contributed by atoms with E-state index in [1.165, 1.54) is 12.8 Å². The van der Waals surface area contributed by atoms with Crippen LogP contribution in [0.1, 0.15) is 48.8 Å². The van der Waals surface area contributed by atoms with Gasteiger partial charge in [0.2, 0.25) is 0 Å². The van der Waals surface area contributed by atoms with E-state index < -0.39 is 0 Å². The van der Waals surface area contributed by atoms with Gasteiger partial charge in [0.25, 0.3) is 5.91 Å². The molecule has 1 aliphatic rings. The zero-order valence-corrected chi connectivity index (χ0v) is 13.3. The second-order valence-corrected chi connectivity index (χ2v) is 5.79. The summed E-state index contributed by atoms with van der Waals surface area (Å²) in [4.78, 5) is 14.8. The molecule has 0 radical (unpaired) electrons. The molecule has 1 saturated heterocycles. The highest BCUT2D eigenvalue weighted by Crippen LogP contribution is 2.21. The van der Waals surface area contributed by atoms with E-state index in [1.807, 2.05) is 29.5 Å². The summed E-state index contributed by atoms with van der Waals surface area (Å²) < 4.78 is 1.81. The third-order valence-electron chi connectivity index (χ3n) is 3.74. The van der Waals surface area contributed by atoms with Crippen molar-refractivity contribution in [3.8, 4) is 0 Å². The Hall–Kier alpha value is -0.840. The van der Waals surface area contributed by atoms with Crippen molar-refractivity contribution in [1.29, 1.82) is 0 Å². The van der Waals surface area contributed by atoms with Gasteiger partial charge in [-0.15, -0.1) is 0 Å². The maximum Gasteiger partial charge on any atom is 0.272 e. The number of nitrogens with zero attached hydrogens (tertiary/aromatic N) is 3. The van der Waals surface area contributed by atoms with Crippen molar-refractivity contribution in [3.63, 3.8) is 0 Å². The molecule has 0 saturated carbocycles. The third-order valence-corrected chi connectivity index (χ3v) is 4.48. The minimum absolute atomic E-state index is 0.133. The molecule has 4 nitrogen and oxygen atoms in total. The number of hydrogen-bond acceptors (Lipinski definition) is 2. The van der Waals surface area contributed by atoms with Gasteiger partial charge in [-0.25, -0.2) is 0 Å². The van der Waals surface area contributed by atoms with Crippen LogP contribution in [-0.4, -0.2) is 38.5 Å². The van der Waals surface area contributed by atoms with E-state index >= 15 is 0 Å². The van der Waals surface area contributed by atoms with Crippen LogP contribution in [0, 0.1) is 6.92 Å². The van der Waals surface area contributed by atoms with E-state index in [9.17, 15) is 4.79 Å². The van der Waals surface area contributed by atoms with Crippen molar-refractivity contribution in [3.05, 3.63) is 17.5 Å². The smallest absolute Gasteiger partial charge is 0.272 e. The molecule has 0 aliphatic carbocycles. The number of aromatic nitrogens is 2. The van der Waals surface area contributed by atoms with Gasteiger partial charge in [-0.2, -0.15) is 5.10 Å². The maximum atomic E-state index is 12.8. The zero-order chi connectivity index (χ0) is 13.8. The van der Waals surface area contributed by atoms with Crippen molar-refractivity contribution >= 4 is 21.8 Å². The minimum atomic E-state index is 0.133. The average Bonchev–Trinajstić information content (AvgIpc) is 2.64. The van der Waals surface area contributed by atoms with Crippen molar-refractivity contribution in [1.82, 2.24) is 14.7 Å². The summed E-state index contributed by atoms with van der Waals surface area (Å²) in [6.07, 6.45) is 4.64. The van der Waals surface area contributed by atoms with Crippen LogP contribution in [-0.2, 0) is 6.54 Å². The highest BCUT2D eigenvalue weighted by atomic mass is 79.9. The number of halogens is 1. The van der Waals surface area contributed by atoms with Gasteiger partial charge in [-0.3, -0.25) is 9.48 Å². The predicted octanol–water partition coefficient (Wildman–Crippen LogP) is 2.99. The summed E-state index contributed by atoms with van der Waals surface area (Å²) in [5.74, 6) is 0.133. The summed E-state index contributed by atoms with van der Waals surface area (Å²) in [6, 6.07) is 2.22. The van der Waals surface area contributed by atoms with Gasteiger partial charge in [0.15, 0.2) is 0 Å². The normalized spacial score (nSPS) is 20.4. The Morgan fingerprint density at radius 3 is 2.95 bits per heavy atom. The van der Waals surface area contributed by atoms with E-state index in [-0.39, 0.29) is 5.91 Å². The van der Waals surface area contributed by atoms with Gasteiger partial charge in [0.05, 0.1) is 5.69 Å². The molecule has 0 aromatic carbocycles. The molecular weight excluding hydrogens is 306 g/mol. The first-order valence-corrected chi connectivity index (χ1v) is 8.21. The molecule has 0 N–H and O–H groups in total. The molecule has 0 bridgehead atoms. The van der Waals surface area contributed by atoms with Gasteiger partial charge < -0.3 is 4.90 Å². The summed E-state index contributed by atoms with van der Waals surface area (Å²) in [5.41, 5.74) is 1.64. The Bertz CT molecular complexity index is 444. The molecule has 1 unspecified atom stereocenters. The highest BCUT2D eigenvalue weighted by Gasteiger charge is 2.27. The van der Waals surface area contributed by atoms with Crippen LogP contribution < -0.4 is 0 Å². The Kier molecular flexibility index (Phi) is 5.02. The van der Waals surface area contributed by atoms with Crippen LogP contribution in [0.25, 0.3) is 0 Å². The lowest BCUT2D eigenvalue weighted by molar-refractivity contribution is 0.0689. The Morgan fingerprint density at radius 2 is 2.26 bits per heavy atom. The van der Waals surface area contributed by atoms with E-state index in [2.05, 4.69) is 21.0 Å². The summed E-state index contributed by atoms with van der Waals surface area (Å²) in [7, 11) is 0. The number of carbonyl (C=O) groups is 1. The van der Waals surface area contributed by atoms with Gasteiger partial charge in [-0.1, -0.05) is 28.8 Å². The monoisotopic (exact) mass is 327 g/mol. The Labute approximate surface area is 123 Å². The Morgan fingerprint density at radius 1 is 1.47 bits per heavy atom. The molecule has 5 heteroatoms. The lowest BCUT2D eigenvalue weighted by atomic mass is 10.1. The minimum Gasteiger partial charge on any atom is -0.334 e. The number of aryl methyl sites for hydroxylation is 2. The third kappa shape index (κ3) is 3.19. The molecule has 1 atom stereocenters. The molecule has 106 valence electrons. The van der Waals surface area contributed by atoms with Crippen molar-refractivity contribution in [2.75, 3.05) is 11.9 Å². The molecule has 1 aromatic rings. The van der Waals surface area contributed by atoms with Crippen LogP contribution in [0.15, 0.2) is 6.07 Å². The van der Waals surface area contributed by atoms with Crippen LogP contribution in [0.3, 0.4) is 0 Å². The summed E-state index contributed by atoms with van der Waals surface area (Å²) in [5, 5.41) is 5.24. The first kappa shape index (κ1) is 14.6. The predicted molar refractivity (Wildman–Crippen MR) is 79.7 cm³/mol. The first-order valence-electron chi connectivity index (χ1n) is 7.08. The molecule has 1 aromatic heterocycles. The SMILES string of the molecule is CCn1nc(C)cc1C(=O)N1CCCCCC1CBr. The molecule has 2 heterocycles. The second kappa shape index (κ2) is 6.55. The maximum absolute atomic E-state index is 12.8. The van der Waals surface area contributed by atoms with Crippen molar-refractivity contribution < 1.29 is 4.79 Å². The van der Waals surface area contributed by atoms with Crippen molar-refractivity contribution in [2.45, 2.75) is 52.1 Å². The molecule has 1 aliphatic heterocycles. The molecule has 19 heavy (non-hydrogen) atoms. The number of carbonyl (C=O) groups excluding carboxylic acids is 1. The molecule has 0 spiro atoms. The highest BCUT2D eigenvalue weighted by molar-refractivity contribution is 9.09.